The Hall–Kier alpha value is -3.27. The van der Waals surface area contributed by atoms with E-state index in [1.165, 1.54) is 4.90 Å². The number of amides is 1. The Balaban J connectivity index is 1.48. The summed E-state index contributed by atoms with van der Waals surface area (Å²) in [6.45, 7) is 3.50. The Morgan fingerprint density at radius 2 is 1.60 bits per heavy atom. The summed E-state index contributed by atoms with van der Waals surface area (Å²) in [7, 11) is 1.63. The van der Waals surface area contributed by atoms with Gasteiger partial charge in [-0.3, -0.25) is 0 Å². The highest BCUT2D eigenvalue weighted by Gasteiger charge is 2.23. The van der Waals surface area contributed by atoms with Crippen LogP contribution < -0.4 is 19.1 Å². The molecule has 0 aliphatic carbocycles. The molecule has 0 spiro atoms. The smallest absolute Gasteiger partial charge is 0.407 e. The first-order chi connectivity index (χ1) is 14.7. The van der Waals surface area contributed by atoms with Crippen molar-refractivity contribution in [1.29, 1.82) is 0 Å². The third kappa shape index (κ3) is 6.11. The number of hydrogen-bond donors (Lipinski definition) is 1. The van der Waals surface area contributed by atoms with Crippen molar-refractivity contribution in [3.05, 3.63) is 36.7 Å². The number of anilines is 1. The molecule has 0 saturated carbocycles. The molecule has 0 bridgehead atoms. The molecule has 0 unspecified atom stereocenters. The van der Waals surface area contributed by atoms with Crippen molar-refractivity contribution in [2.45, 2.75) is 0 Å². The van der Waals surface area contributed by atoms with Crippen LogP contribution in [0.25, 0.3) is 0 Å². The lowest BCUT2D eigenvalue weighted by atomic mass is 10.3. The van der Waals surface area contributed by atoms with Gasteiger partial charge in [-0.1, -0.05) is 6.07 Å². The molecule has 1 aliphatic heterocycles. The van der Waals surface area contributed by atoms with Crippen molar-refractivity contribution < 1.29 is 28.8 Å². The van der Waals surface area contributed by atoms with Gasteiger partial charge in [0.1, 0.15) is 31.3 Å². The first-order valence-corrected chi connectivity index (χ1v) is 9.68. The zero-order valence-corrected chi connectivity index (χ0v) is 16.9. The molecule has 2 heterocycles. The molecule has 10 nitrogen and oxygen atoms in total. The molecular formula is C20H26N4O6. The molecule has 1 fully saturated rings. The van der Waals surface area contributed by atoms with E-state index in [-0.39, 0.29) is 6.61 Å². The second-order valence-electron chi connectivity index (χ2n) is 6.45. The number of methoxy groups -OCH3 is 1. The van der Waals surface area contributed by atoms with Crippen molar-refractivity contribution >= 4 is 11.9 Å². The zero-order chi connectivity index (χ0) is 21.2. The van der Waals surface area contributed by atoms with E-state index in [1.807, 2.05) is 29.2 Å². The number of rotatable bonds is 10. The van der Waals surface area contributed by atoms with Gasteiger partial charge in [0.2, 0.25) is 0 Å². The highest BCUT2D eigenvalue weighted by molar-refractivity contribution is 5.65. The zero-order valence-electron chi connectivity index (χ0n) is 16.9. The van der Waals surface area contributed by atoms with Crippen LogP contribution in [0.2, 0.25) is 0 Å². The highest BCUT2D eigenvalue weighted by atomic mass is 16.5. The normalized spacial score (nSPS) is 13.8. The van der Waals surface area contributed by atoms with Crippen LogP contribution in [0.4, 0.5) is 10.6 Å². The number of nitrogens with zero attached hydrogens (tertiary/aromatic N) is 4. The van der Waals surface area contributed by atoms with E-state index in [9.17, 15) is 4.79 Å². The SMILES string of the molecule is COCCOc1cccc(OCCOc2nccnc2N2CCN(C(=O)O)CC2)c1. The summed E-state index contributed by atoms with van der Waals surface area (Å²) >= 11 is 0. The maximum absolute atomic E-state index is 11.1. The number of aromatic nitrogens is 2. The summed E-state index contributed by atoms with van der Waals surface area (Å²) < 4.78 is 22.0. The Morgan fingerprint density at radius 3 is 2.27 bits per heavy atom. The van der Waals surface area contributed by atoms with Gasteiger partial charge in [0, 0.05) is 51.7 Å². The van der Waals surface area contributed by atoms with E-state index >= 15 is 0 Å². The minimum atomic E-state index is -0.907. The van der Waals surface area contributed by atoms with Crippen LogP contribution in [0, 0.1) is 0 Å². The Bertz CT molecular complexity index is 813. The van der Waals surface area contributed by atoms with E-state index in [2.05, 4.69) is 9.97 Å². The fraction of sp³-hybridized carbons (Fsp3) is 0.450. The van der Waals surface area contributed by atoms with Gasteiger partial charge in [-0.2, -0.15) is 0 Å². The van der Waals surface area contributed by atoms with E-state index in [0.717, 1.165) is 0 Å². The second-order valence-corrected chi connectivity index (χ2v) is 6.45. The van der Waals surface area contributed by atoms with Crippen LogP contribution in [-0.4, -0.2) is 85.8 Å². The molecule has 1 aliphatic rings. The highest BCUT2D eigenvalue weighted by Crippen LogP contribution is 2.24. The summed E-state index contributed by atoms with van der Waals surface area (Å²) in [5.74, 6) is 2.40. The second kappa shape index (κ2) is 11.1. The largest absolute Gasteiger partial charge is 0.491 e. The summed E-state index contributed by atoms with van der Waals surface area (Å²) in [5, 5.41) is 9.09. The molecule has 1 aromatic heterocycles. The standard InChI is InChI=1S/C20H26N4O6/c1-27-11-12-28-16-3-2-4-17(15-16)29-13-14-30-19-18(21-5-6-22-19)23-7-9-24(10-8-23)20(25)26/h2-6,15H,7-14H2,1H3,(H,25,26). The van der Waals surface area contributed by atoms with Crippen molar-refractivity contribution in [1.82, 2.24) is 14.9 Å². The lowest BCUT2D eigenvalue weighted by molar-refractivity contribution is 0.142. The predicted molar refractivity (Wildman–Crippen MR) is 109 cm³/mol. The quantitative estimate of drug-likeness (QED) is 0.578. The predicted octanol–water partition coefficient (Wildman–Crippen LogP) is 1.76. The maximum Gasteiger partial charge on any atom is 0.407 e. The van der Waals surface area contributed by atoms with Crippen LogP contribution in [-0.2, 0) is 4.74 Å². The van der Waals surface area contributed by atoms with Gasteiger partial charge >= 0.3 is 6.09 Å². The Morgan fingerprint density at radius 1 is 0.967 bits per heavy atom. The van der Waals surface area contributed by atoms with Gasteiger partial charge in [0.15, 0.2) is 5.82 Å². The molecule has 2 aromatic rings. The molecule has 10 heteroatoms. The van der Waals surface area contributed by atoms with Gasteiger partial charge in [-0.05, 0) is 12.1 Å². The van der Waals surface area contributed by atoms with E-state index < -0.39 is 6.09 Å². The number of carbonyl (C=O) groups is 1. The van der Waals surface area contributed by atoms with Crippen LogP contribution >= 0.6 is 0 Å². The average molecular weight is 418 g/mol. The lowest BCUT2D eigenvalue weighted by Crippen LogP contribution is -2.48. The van der Waals surface area contributed by atoms with Gasteiger partial charge < -0.3 is 33.9 Å². The molecular weight excluding hydrogens is 392 g/mol. The number of carboxylic acid groups (broad SMARTS) is 1. The lowest BCUT2D eigenvalue weighted by Gasteiger charge is -2.34. The first-order valence-electron chi connectivity index (χ1n) is 9.68. The average Bonchev–Trinajstić information content (AvgIpc) is 2.78. The Labute approximate surface area is 175 Å². The van der Waals surface area contributed by atoms with Gasteiger partial charge in [-0.25, -0.2) is 14.8 Å². The molecule has 1 aromatic carbocycles. The van der Waals surface area contributed by atoms with Crippen molar-refractivity contribution in [2.24, 2.45) is 0 Å². The van der Waals surface area contributed by atoms with Crippen molar-refractivity contribution in [2.75, 3.05) is 64.6 Å². The monoisotopic (exact) mass is 418 g/mol. The third-order valence-electron chi connectivity index (χ3n) is 4.45. The molecule has 162 valence electrons. The molecule has 0 atom stereocenters. The molecule has 0 radical (unpaired) electrons. The third-order valence-corrected chi connectivity index (χ3v) is 4.45. The number of piperazine rings is 1. The van der Waals surface area contributed by atoms with Gasteiger partial charge in [0.05, 0.1) is 6.61 Å². The molecule has 3 rings (SSSR count). The van der Waals surface area contributed by atoms with E-state index in [1.54, 1.807) is 19.5 Å². The fourth-order valence-electron chi connectivity index (χ4n) is 2.94. The van der Waals surface area contributed by atoms with Crippen LogP contribution in [0.3, 0.4) is 0 Å². The topological polar surface area (TPSA) is 106 Å². The van der Waals surface area contributed by atoms with Crippen molar-refractivity contribution in [3.63, 3.8) is 0 Å². The summed E-state index contributed by atoms with van der Waals surface area (Å²) in [4.78, 5) is 23.1. The number of benzene rings is 1. The molecule has 1 N–H and O–H groups in total. The fourth-order valence-corrected chi connectivity index (χ4v) is 2.94. The van der Waals surface area contributed by atoms with Crippen LogP contribution in [0.15, 0.2) is 36.7 Å². The molecule has 1 saturated heterocycles. The van der Waals surface area contributed by atoms with Crippen LogP contribution in [0.5, 0.6) is 17.4 Å². The van der Waals surface area contributed by atoms with E-state index in [4.69, 9.17) is 24.1 Å². The minimum absolute atomic E-state index is 0.287. The molecule has 30 heavy (non-hydrogen) atoms. The van der Waals surface area contributed by atoms with Crippen LogP contribution in [0.1, 0.15) is 0 Å². The number of ether oxygens (including phenoxy) is 4. The van der Waals surface area contributed by atoms with E-state index in [0.29, 0.717) is 69.2 Å². The minimum Gasteiger partial charge on any atom is -0.491 e. The summed E-state index contributed by atoms with van der Waals surface area (Å²) in [6, 6.07) is 7.37. The molecule has 1 amide bonds. The van der Waals surface area contributed by atoms with Gasteiger partial charge in [-0.15, -0.1) is 0 Å². The maximum atomic E-state index is 11.1. The first kappa shape index (κ1) is 21.4. The summed E-state index contributed by atoms with van der Waals surface area (Å²) in [5.41, 5.74) is 0. The number of hydrogen-bond acceptors (Lipinski definition) is 8. The van der Waals surface area contributed by atoms with Crippen molar-refractivity contribution in [3.8, 4) is 17.4 Å². The Kier molecular flexibility index (Phi) is 7.90. The summed E-state index contributed by atoms with van der Waals surface area (Å²) in [6.07, 6.45) is 2.25. The van der Waals surface area contributed by atoms with Gasteiger partial charge in [0.25, 0.3) is 5.88 Å².